The molecule has 2 nitrogen and oxygen atoms in total. The summed E-state index contributed by atoms with van der Waals surface area (Å²) in [5, 5.41) is 8.90. The van der Waals surface area contributed by atoms with Gasteiger partial charge in [-0.05, 0) is 12.5 Å². The van der Waals surface area contributed by atoms with Crippen molar-refractivity contribution in [3.63, 3.8) is 0 Å². The Labute approximate surface area is 102 Å². The molecule has 0 atom stereocenters. The highest BCUT2D eigenvalue weighted by Gasteiger charge is 2.36. The zero-order chi connectivity index (χ0) is 13.3. The smallest absolute Gasteiger partial charge is 0.359 e. The molecule has 0 radical (unpaired) electrons. The van der Waals surface area contributed by atoms with Crippen molar-refractivity contribution < 1.29 is 13.2 Å². The van der Waals surface area contributed by atoms with Crippen molar-refractivity contribution >= 4 is 0 Å². The third kappa shape index (κ3) is 2.09. The van der Waals surface area contributed by atoms with Crippen LogP contribution in [0.5, 0.6) is 0 Å². The van der Waals surface area contributed by atoms with Gasteiger partial charge in [0.05, 0.1) is 16.8 Å². The van der Waals surface area contributed by atoms with Crippen LogP contribution in [-0.2, 0) is 6.18 Å². The number of alkyl halides is 3. The van der Waals surface area contributed by atoms with Gasteiger partial charge in [0.1, 0.15) is 6.07 Å². The van der Waals surface area contributed by atoms with Crippen molar-refractivity contribution in [3.8, 4) is 17.3 Å². The Hall–Kier alpha value is -2.22. The fraction of sp³-hybridized carbons (Fsp3) is 0.154. The third-order valence-electron chi connectivity index (χ3n) is 2.64. The molecule has 1 heterocycles. The second-order valence-corrected chi connectivity index (χ2v) is 3.93. The molecule has 1 aromatic heterocycles. The number of nitrogens with one attached hydrogen (secondary N) is 1. The van der Waals surface area contributed by atoms with Gasteiger partial charge in [0, 0.05) is 6.20 Å². The number of H-pyrrole nitrogens is 1. The number of benzene rings is 1. The Balaban J connectivity index is 2.57. The highest BCUT2D eigenvalue weighted by molar-refractivity contribution is 5.69. The van der Waals surface area contributed by atoms with Crippen LogP contribution >= 0.6 is 0 Å². The van der Waals surface area contributed by atoms with E-state index in [0.717, 1.165) is 11.8 Å². The molecular weight excluding hydrogens is 241 g/mol. The molecular formula is C13H9F3N2. The lowest BCUT2D eigenvalue weighted by Gasteiger charge is -2.04. The molecule has 0 aliphatic carbocycles. The number of hydrogen-bond acceptors (Lipinski definition) is 1. The lowest BCUT2D eigenvalue weighted by atomic mass is 10.0. The Morgan fingerprint density at radius 3 is 2.28 bits per heavy atom. The summed E-state index contributed by atoms with van der Waals surface area (Å²) < 4.78 is 38.0. The highest BCUT2D eigenvalue weighted by Crippen LogP contribution is 2.36. The average molecular weight is 250 g/mol. The standard InChI is InChI=1S/C13H9F3N2/c1-8-2-4-9(5-3-8)12-10(6-17)11(7-18-12)13(14,15)16/h2-5,7,18H,1H3. The number of hydrogen-bond donors (Lipinski definition) is 1. The van der Waals surface area contributed by atoms with Crippen molar-refractivity contribution in [1.82, 2.24) is 4.98 Å². The maximum atomic E-state index is 12.7. The van der Waals surface area contributed by atoms with Crippen molar-refractivity contribution in [2.24, 2.45) is 0 Å². The van der Waals surface area contributed by atoms with E-state index < -0.39 is 11.7 Å². The monoisotopic (exact) mass is 250 g/mol. The molecule has 1 N–H and O–H groups in total. The lowest BCUT2D eigenvalue weighted by Crippen LogP contribution is -2.05. The summed E-state index contributed by atoms with van der Waals surface area (Å²) >= 11 is 0. The predicted octanol–water partition coefficient (Wildman–Crippen LogP) is 3.88. The summed E-state index contributed by atoms with van der Waals surface area (Å²) in [4.78, 5) is 2.53. The van der Waals surface area contributed by atoms with E-state index in [9.17, 15) is 13.2 Å². The van der Waals surface area contributed by atoms with Crippen molar-refractivity contribution in [3.05, 3.63) is 47.2 Å². The molecule has 2 aromatic rings. The molecule has 1 aromatic carbocycles. The van der Waals surface area contributed by atoms with Gasteiger partial charge in [-0.3, -0.25) is 0 Å². The van der Waals surface area contributed by atoms with Gasteiger partial charge < -0.3 is 4.98 Å². The normalized spacial score (nSPS) is 11.3. The van der Waals surface area contributed by atoms with E-state index in [0.29, 0.717) is 5.56 Å². The Morgan fingerprint density at radius 2 is 1.78 bits per heavy atom. The predicted molar refractivity (Wildman–Crippen MR) is 60.7 cm³/mol. The molecule has 0 aliphatic heterocycles. The fourth-order valence-corrected chi connectivity index (χ4v) is 1.71. The number of rotatable bonds is 1. The van der Waals surface area contributed by atoms with Crippen LogP contribution in [0.4, 0.5) is 13.2 Å². The topological polar surface area (TPSA) is 39.6 Å². The minimum Gasteiger partial charge on any atom is -0.359 e. The summed E-state index contributed by atoms with van der Waals surface area (Å²) in [5.74, 6) is 0. The van der Waals surface area contributed by atoms with Crippen LogP contribution in [0.25, 0.3) is 11.3 Å². The number of aromatic nitrogens is 1. The van der Waals surface area contributed by atoms with Crippen LogP contribution in [0, 0.1) is 18.3 Å². The molecule has 92 valence electrons. The number of nitrogens with zero attached hydrogens (tertiary/aromatic N) is 1. The van der Waals surface area contributed by atoms with Crippen LogP contribution in [0.3, 0.4) is 0 Å². The zero-order valence-electron chi connectivity index (χ0n) is 9.47. The molecule has 0 fully saturated rings. The summed E-state index contributed by atoms with van der Waals surface area (Å²) in [7, 11) is 0. The van der Waals surface area contributed by atoms with Crippen LogP contribution < -0.4 is 0 Å². The first-order chi connectivity index (χ1) is 8.43. The quantitative estimate of drug-likeness (QED) is 0.819. The molecule has 0 saturated heterocycles. The number of halogens is 3. The maximum Gasteiger partial charge on any atom is 0.419 e. The Morgan fingerprint density at radius 1 is 1.17 bits per heavy atom. The Bertz CT molecular complexity index is 601. The first kappa shape index (κ1) is 12.2. The molecule has 0 unspecified atom stereocenters. The number of aryl methyl sites for hydroxylation is 1. The third-order valence-corrected chi connectivity index (χ3v) is 2.64. The molecule has 2 rings (SSSR count). The van der Waals surface area contributed by atoms with Crippen molar-refractivity contribution in [2.45, 2.75) is 13.1 Å². The molecule has 0 aliphatic rings. The summed E-state index contributed by atoms with van der Waals surface area (Å²) in [5.41, 5.74) is 0.462. The highest BCUT2D eigenvalue weighted by atomic mass is 19.4. The van der Waals surface area contributed by atoms with Gasteiger partial charge in [-0.15, -0.1) is 0 Å². The second-order valence-electron chi connectivity index (χ2n) is 3.93. The van der Waals surface area contributed by atoms with E-state index >= 15 is 0 Å². The molecule has 18 heavy (non-hydrogen) atoms. The van der Waals surface area contributed by atoms with Gasteiger partial charge in [-0.1, -0.05) is 29.8 Å². The van der Waals surface area contributed by atoms with Crippen molar-refractivity contribution in [1.29, 1.82) is 5.26 Å². The zero-order valence-corrected chi connectivity index (χ0v) is 9.47. The van der Waals surface area contributed by atoms with Crippen LogP contribution in [-0.4, -0.2) is 4.98 Å². The van der Waals surface area contributed by atoms with Gasteiger partial charge in [-0.2, -0.15) is 18.4 Å². The van der Waals surface area contributed by atoms with E-state index in [1.807, 2.05) is 6.92 Å². The SMILES string of the molecule is Cc1ccc(-c2[nH]cc(C(F)(F)F)c2C#N)cc1. The van der Waals surface area contributed by atoms with Gasteiger partial charge in [0.25, 0.3) is 0 Å². The number of nitriles is 1. The van der Waals surface area contributed by atoms with Crippen LogP contribution in [0.15, 0.2) is 30.5 Å². The minimum absolute atomic E-state index is 0.199. The van der Waals surface area contributed by atoms with Crippen LogP contribution in [0.1, 0.15) is 16.7 Å². The number of aromatic amines is 1. The van der Waals surface area contributed by atoms with E-state index in [1.165, 1.54) is 0 Å². The van der Waals surface area contributed by atoms with E-state index in [-0.39, 0.29) is 11.3 Å². The fourth-order valence-electron chi connectivity index (χ4n) is 1.71. The maximum absolute atomic E-state index is 12.7. The van der Waals surface area contributed by atoms with Gasteiger partial charge in [-0.25, -0.2) is 0 Å². The van der Waals surface area contributed by atoms with E-state index in [1.54, 1.807) is 30.3 Å². The summed E-state index contributed by atoms with van der Waals surface area (Å²) in [6, 6.07) is 8.54. The first-order valence-corrected chi connectivity index (χ1v) is 5.19. The molecule has 0 bridgehead atoms. The average Bonchev–Trinajstić information content (AvgIpc) is 2.73. The molecule has 0 spiro atoms. The van der Waals surface area contributed by atoms with Gasteiger partial charge in [0.2, 0.25) is 0 Å². The van der Waals surface area contributed by atoms with Gasteiger partial charge in [0.15, 0.2) is 0 Å². The molecule has 0 saturated carbocycles. The minimum atomic E-state index is -4.52. The van der Waals surface area contributed by atoms with Crippen LogP contribution in [0.2, 0.25) is 0 Å². The second kappa shape index (κ2) is 4.22. The summed E-state index contributed by atoms with van der Waals surface area (Å²) in [6.45, 7) is 1.88. The van der Waals surface area contributed by atoms with Crippen molar-refractivity contribution in [2.75, 3.05) is 0 Å². The lowest BCUT2D eigenvalue weighted by molar-refractivity contribution is -0.137. The Kier molecular flexibility index (Phi) is 2.87. The van der Waals surface area contributed by atoms with E-state index in [4.69, 9.17) is 5.26 Å². The molecule has 0 amide bonds. The van der Waals surface area contributed by atoms with Gasteiger partial charge >= 0.3 is 6.18 Å². The van der Waals surface area contributed by atoms with E-state index in [2.05, 4.69) is 4.98 Å². The largest absolute Gasteiger partial charge is 0.419 e. The molecule has 5 heteroatoms. The summed E-state index contributed by atoms with van der Waals surface area (Å²) in [6.07, 6.45) is -3.70. The first-order valence-electron chi connectivity index (χ1n) is 5.19.